The van der Waals surface area contributed by atoms with Crippen molar-refractivity contribution in [1.82, 2.24) is 0 Å². The third-order valence-electron chi connectivity index (χ3n) is 2.49. The molecule has 2 aromatic rings. The van der Waals surface area contributed by atoms with E-state index in [1.165, 1.54) is 17.4 Å². The van der Waals surface area contributed by atoms with Gasteiger partial charge in [-0.3, -0.25) is 4.79 Å². The summed E-state index contributed by atoms with van der Waals surface area (Å²) in [6.07, 6.45) is 0. The first-order valence-electron chi connectivity index (χ1n) is 5.32. The normalized spacial score (nSPS) is 10.4. The summed E-state index contributed by atoms with van der Waals surface area (Å²) in [6, 6.07) is 9.74. The largest absolute Gasteiger partial charge is 0.364 e. The molecule has 0 aliphatic rings. The zero-order chi connectivity index (χ0) is 13.1. The number of hydrogen-bond donors (Lipinski definition) is 0. The minimum absolute atomic E-state index is 0.0716. The van der Waals surface area contributed by atoms with Crippen molar-refractivity contribution in [2.75, 3.05) is 18.5 Å². The molecule has 94 valence electrons. The van der Waals surface area contributed by atoms with Gasteiger partial charge in [-0.05, 0) is 24.3 Å². The summed E-state index contributed by atoms with van der Waals surface area (Å²) >= 11 is 7.01. The molecule has 2 rings (SSSR count). The van der Waals surface area contributed by atoms with Gasteiger partial charge in [0.1, 0.15) is 5.82 Å². The minimum Gasteiger partial charge on any atom is -0.364 e. The third-order valence-corrected chi connectivity index (χ3v) is 3.76. The van der Waals surface area contributed by atoms with Crippen LogP contribution in [0.2, 0.25) is 4.34 Å². The number of carbonyl (C=O) groups is 1. The maximum absolute atomic E-state index is 13.5. The van der Waals surface area contributed by atoms with Crippen LogP contribution in [-0.4, -0.2) is 19.4 Å². The number of carbonyl (C=O) groups excluding carboxylic acids is 1. The van der Waals surface area contributed by atoms with Gasteiger partial charge in [0, 0.05) is 7.05 Å². The number of ketones is 1. The fourth-order valence-corrected chi connectivity index (χ4v) is 2.58. The van der Waals surface area contributed by atoms with Gasteiger partial charge in [0.25, 0.3) is 0 Å². The Hall–Kier alpha value is -1.39. The zero-order valence-corrected chi connectivity index (χ0v) is 11.3. The van der Waals surface area contributed by atoms with Gasteiger partial charge in [-0.25, -0.2) is 4.39 Å². The number of halogens is 2. The van der Waals surface area contributed by atoms with E-state index in [0.29, 0.717) is 14.9 Å². The van der Waals surface area contributed by atoms with Crippen molar-refractivity contribution >= 4 is 34.4 Å². The van der Waals surface area contributed by atoms with Crippen molar-refractivity contribution in [3.8, 4) is 0 Å². The van der Waals surface area contributed by atoms with E-state index in [9.17, 15) is 9.18 Å². The van der Waals surface area contributed by atoms with E-state index >= 15 is 0 Å². The highest BCUT2D eigenvalue weighted by Gasteiger charge is 2.14. The lowest BCUT2D eigenvalue weighted by atomic mass is 10.2. The van der Waals surface area contributed by atoms with Crippen LogP contribution in [0, 0.1) is 5.82 Å². The first-order chi connectivity index (χ1) is 8.58. The number of anilines is 1. The summed E-state index contributed by atoms with van der Waals surface area (Å²) in [5, 5.41) is 0. The second-order valence-electron chi connectivity index (χ2n) is 3.83. The minimum atomic E-state index is -0.336. The van der Waals surface area contributed by atoms with Crippen molar-refractivity contribution in [3.63, 3.8) is 0 Å². The van der Waals surface area contributed by atoms with Crippen molar-refractivity contribution < 1.29 is 9.18 Å². The predicted molar refractivity (Wildman–Crippen MR) is 73.3 cm³/mol. The molecule has 5 heteroatoms. The number of rotatable bonds is 4. The van der Waals surface area contributed by atoms with Crippen molar-refractivity contribution in [2.24, 2.45) is 0 Å². The molecule has 0 bridgehead atoms. The molecule has 0 saturated heterocycles. The molecule has 0 aliphatic heterocycles. The topological polar surface area (TPSA) is 20.3 Å². The number of nitrogens with zero attached hydrogens (tertiary/aromatic N) is 1. The van der Waals surface area contributed by atoms with Gasteiger partial charge in [0.2, 0.25) is 0 Å². The highest BCUT2D eigenvalue weighted by atomic mass is 35.5. The van der Waals surface area contributed by atoms with E-state index in [0.717, 1.165) is 0 Å². The van der Waals surface area contributed by atoms with E-state index in [2.05, 4.69) is 0 Å². The third kappa shape index (κ3) is 2.89. The van der Waals surface area contributed by atoms with Gasteiger partial charge < -0.3 is 4.90 Å². The second kappa shape index (κ2) is 5.50. The van der Waals surface area contributed by atoms with E-state index < -0.39 is 0 Å². The first-order valence-corrected chi connectivity index (χ1v) is 6.51. The number of hydrogen-bond acceptors (Lipinski definition) is 3. The summed E-state index contributed by atoms with van der Waals surface area (Å²) in [6.45, 7) is 0.123. The molecule has 0 radical (unpaired) electrons. The molecule has 0 fully saturated rings. The van der Waals surface area contributed by atoms with Crippen LogP contribution < -0.4 is 4.90 Å². The lowest BCUT2D eigenvalue weighted by molar-refractivity contribution is 0.100. The highest BCUT2D eigenvalue weighted by Crippen LogP contribution is 2.23. The molecule has 0 atom stereocenters. The first kappa shape index (κ1) is 13.1. The maximum atomic E-state index is 13.5. The van der Waals surface area contributed by atoms with Gasteiger partial charge in [-0.2, -0.15) is 0 Å². The van der Waals surface area contributed by atoms with E-state index in [-0.39, 0.29) is 18.1 Å². The van der Waals surface area contributed by atoms with Crippen LogP contribution in [0.1, 0.15) is 9.67 Å². The molecule has 2 nitrogen and oxygen atoms in total. The molecular weight excluding hydrogens is 273 g/mol. The van der Waals surface area contributed by atoms with Gasteiger partial charge in [-0.15, -0.1) is 11.3 Å². The molecule has 0 N–H and O–H groups in total. The van der Waals surface area contributed by atoms with Gasteiger partial charge >= 0.3 is 0 Å². The molecular formula is C13H11ClFNOS. The lowest BCUT2D eigenvalue weighted by Crippen LogP contribution is -2.25. The van der Waals surface area contributed by atoms with Crippen LogP contribution in [0.3, 0.4) is 0 Å². The van der Waals surface area contributed by atoms with Crippen molar-refractivity contribution in [1.29, 1.82) is 0 Å². The molecule has 0 aliphatic carbocycles. The molecule has 1 aromatic carbocycles. The van der Waals surface area contributed by atoms with Crippen LogP contribution in [-0.2, 0) is 0 Å². The Balaban J connectivity index is 2.10. The van der Waals surface area contributed by atoms with Crippen LogP contribution in [0.5, 0.6) is 0 Å². The Labute approximate surface area is 114 Å². The summed E-state index contributed by atoms with van der Waals surface area (Å²) < 4.78 is 14.1. The average Bonchev–Trinajstić information content (AvgIpc) is 2.76. The van der Waals surface area contributed by atoms with E-state index in [4.69, 9.17) is 11.6 Å². The molecule has 0 amide bonds. The zero-order valence-electron chi connectivity index (χ0n) is 9.69. The fraction of sp³-hybridized carbons (Fsp3) is 0.154. The smallest absolute Gasteiger partial charge is 0.192 e. The Morgan fingerprint density at radius 3 is 2.67 bits per heavy atom. The standard InChI is InChI=1S/C13H11ClFNOS/c1-16(10-5-3-2-4-9(10)15)8-11(17)12-6-7-13(14)18-12/h2-7H,8H2,1H3. The van der Waals surface area contributed by atoms with Gasteiger partial charge in [-0.1, -0.05) is 23.7 Å². The summed E-state index contributed by atoms with van der Waals surface area (Å²) in [5.41, 5.74) is 0.411. The Morgan fingerprint density at radius 2 is 2.06 bits per heavy atom. The molecule has 0 spiro atoms. The number of likely N-dealkylation sites (N-methyl/N-ethyl adjacent to an activating group) is 1. The fourth-order valence-electron chi connectivity index (χ4n) is 1.60. The SMILES string of the molecule is CN(CC(=O)c1ccc(Cl)s1)c1ccccc1F. The summed E-state index contributed by atoms with van der Waals surface area (Å²) in [7, 11) is 1.69. The molecule has 0 unspecified atom stereocenters. The second-order valence-corrected chi connectivity index (χ2v) is 5.55. The lowest BCUT2D eigenvalue weighted by Gasteiger charge is -2.18. The molecule has 18 heavy (non-hydrogen) atoms. The predicted octanol–water partition coefficient (Wildman–Crippen LogP) is 3.86. The van der Waals surface area contributed by atoms with Crippen LogP contribution in [0.25, 0.3) is 0 Å². The summed E-state index contributed by atoms with van der Waals surface area (Å²) in [4.78, 5) is 14.1. The Morgan fingerprint density at radius 1 is 1.33 bits per heavy atom. The Bertz CT molecular complexity index is 570. The van der Waals surface area contributed by atoms with Crippen LogP contribution in [0.4, 0.5) is 10.1 Å². The van der Waals surface area contributed by atoms with Crippen LogP contribution in [0.15, 0.2) is 36.4 Å². The van der Waals surface area contributed by atoms with Crippen LogP contribution >= 0.6 is 22.9 Å². The molecule has 0 saturated carbocycles. The number of Topliss-reactive ketones (excluding diaryl/α,β-unsaturated/α-hetero) is 1. The summed E-state index contributed by atoms with van der Waals surface area (Å²) in [5.74, 6) is -0.408. The molecule has 1 heterocycles. The van der Waals surface area contributed by atoms with Crippen molar-refractivity contribution in [2.45, 2.75) is 0 Å². The van der Waals surface area contributed by atoms with E-state index in [1.807, 2.05) is 0 Å². The Kier molecular flexibility index (Phi) is 3.99. The van der Waals surface area contributed by atoms with Crippen molar-refractivity contribution in [3.05, 3.63) is 51.4 Å². The molecule has 1 aromatic heterocycles. The monoisotopic (exact) mass is 283 g/mol. The van der Waals surface area contributed by atoms with Gasteiger partial charge in [0.05, 0.1) is 21.4 Å². The van der Waals surface area contributed by atoms with E-state index in [1.54, 1.807) is 42.3 Å². The number of para-hydroxylation sites is 1. The quantitative estimate of drug-likeness (QED) is 0.794. The maximum Gasteiger partial charge on any atom is 0.192 e. The highest BCUT2D eigenvalue weighted by molar-refractivity contribution is 7.18. The number of thiophene rings is 1. The average molecular weight is 284 g/mol. The van der Waals surface area contributed by atoms with Gasteiger partial charge in [0.15, 0.2) is 5.78 Å². The number of benzene rings is 1.